The Labute approximate surface area is 102 Å². The molecule has 0 fully saturated rings. The number of hydrogen-bond donors (Lipinski definition) is 2. The van der Waals surface area contributed by atoms with Gasteiger partial charge < -0.3 is 20.1 Å². The fourth-order valence-electron chi connectivity index (χ4n) is 1.15. The van der Waals surface area contributed by atoms with Gasteiger partial charge >= 0.3 is 6.09 Å². The van der Waals surface area contributed by atoms with E-state index in [9.17, 15) is 9.59 Å². The third kappa shape index (κ3) is 6.78. The first-order valence-corrected chi connectivity index (χ1v) is 5.49. The van der Waals surface area contributed by atoms with Crippen molar-refractivity contribution in [2.45, 2.75) is 38.8 Å². The molecule has 2 amide bonds. The van der Waals surface area contributed by atoms with Crippen LogP contribution in [0.5, 0.6) is 0 Å². The minimum atomic E-state index is -0.759. The summed E-state index contributed by atoms with van der Waals surface area (Å²) in [4.78, 5) is 24.5. The molecule has 0 aromatic heterocycles. The number of carbonyl (C=O) groups excluding carboxylic acids is 2. The van der Waals surface area contributed by atoms with Crippen LogP contribution in [0.1, 0.15) is 27.2 Å². The minimum Gasteiger partial charge on any atom is -0.444 e. The molecule has 1 unspecified atom stereocenters. The lowest BCUT2D eigenvalue weighted by Crippen LogP contribution is -2.48. The number of alkyl carbamates (subject to hydrolysis) is 1. The first-order chi connectivity index (χ1) is 7.67. The van der Waals surface area contributed by atoms with Crippen LogP contribution in [-0.4, -0.2) is 54.4 Å². The van der Waals surface area contributed by atoms with E-state index in [-0.39, 0.29) is 18.9 Å². The van der Waals surface area contributed by atoms with E-state index in [4.69, 9.17) is 9.84 Å². The van der Waals surface area contributed by atoms with Gasteiger partial charge in [-0.1, -0.05) is 0 Å². The maximum atomic E-state index is 11.7. The van der Waals surface area contributed by atoms with Crippen LogP contribution in [0.25, 0.3) is 0 Å². The normalized spacial score (nSPS) is 12.8. The molecular formula is C11H22N2O4. The summed E-state index contributed by atoms with van der Waals surface area (Å²) >= 11 is 0. The predicted molar refractivity (Wildman–Crippen MR) is 63.6 cm³/mol. The van der Waals surface area contributed by atoms with Crippen LogP contribution in [-0.2, 0) is 9.53 Å². The Bertz CT molecular complexity index is 271. The Morgan fingerprint density at radius 2 is 1.88 bits per heavy atom. The van der Waals surface area contributed by atoms with Crippen molar-refractivity contribution in [1.29, 1.82) is 0 Å². The van der Waals surface area contributed by atoms with Gasteiger partial charge in [0.1, 0.15) is 11.6 Å². The minimum absolute atomic E-state index is 0.163. The van der Waals surface area contributed by atoms with Crippen molar-refractivity contribution >= 4 is 12.0 Å². The smallest absolute Gasteiger partial charge is 0.408 e. The molecule has 2 N–H and O–H groups in total. The molecule has 6 heteroatoms. The van der Waals surface area contributed by atoms with Crippen LogP contribution in [0.2, 0.25) is 0 Å². The lowest BCUT2D eigenvalue weighted by molar-refractivity contribution is -0.131. The highest BCUT2D eigenvalue weighted by molar-refractivity contribution is 5.85. The lowest BCUT2D eigenvalue weighted by Gasteiger charge is -2.24. The average Bonchev–Trinajstić information content (AvgIpc) is 2.12. The first-order valence-electron chi connectivity index (χ1n) is 5.49. The van der Waals surface area contributed by atoms with Crippen LogP contribution in [0, 0.1) is 0 Å². The van der Waals surface area contributed by atoms with Gasteiger partial charge in [0.25, 0.3) is 0 Å². The standard InChI is InChI=1S/C11H22N2O4/c1-11(2,3)17-10(16)12-8(6-7-14)9(15)13(4)5/h8,14H,6-7H2,1-5H3,(H,12,16). The maximum Gasteiger partial charge on any atom is 0.408 e. The molecule has 6 nitrogen and oxygen atoms in total. The zero-order valence-electron chi connectivity index (χ0n) is 11.1. The van der Waals surface area contributed by atoms with Gasteiger partial charge in [0.2, 0.25) is 5.91 Å². The largest absolute Gasteiger partial charge is 0.444 e. The number of amides is 2. The molecule has 0 spiro atoms. The summed E-state index contributed by atoms with van der Waals surface area (Å²) in [5.41, 5.74) is -0.616. The van der Waals surface area contributed by atoms with Crippen molar-refractivity contribution in [2.24, 2.45) is 0 Å². The number of nitrogens with zero attached hydrogens (tertiary/aromatic N) is 1. The number of carbonyl (C=O) groups is 2. The zero-order chi connectivity index (χ0) is 13.6. The van der Waals surface area contributed by atoms with E-state index in [1.807, 2.05) is 0 Å². The quantitative estimate of drug-likeness (QED) is 0.750. The Hall–Kier alpha value is -1.30. The Balaban J connectivity index is 4.45. The molecule has 0 rings (SSSR count). The third-order valence-electron chi connectivity index (χ3n) is 1.85. The highest BCUT2D eigenvalue weighted by atomic mass is 16.6. The topological polar surface area (TPSA) is 78.9 Å². The van der Waals surface area contributed by atoms with Crippen molar-refractivity contribution in [1.82, 2.24) is 10.2 Å². The number of nitrogens with one attached hydrogen (secondary N) is 1. The summed E-state index contributed by atoms with van der Waals surface area (Å²) in [6.45, 7) is 5.03. The second-order valence-corrected chi connectivity index (χ2v) is 4.94. The summed E-state index contributed by atoms with van der Waals surface area (Å²) < 4.78 is 5.04. The number of ether oxygens (including phenoxy) is 1. The second-order valence-electron chi connectivity index (χ2n) is 4.94. The monoisotopic (exact) mass is 246 g/mol. The average molecular weight is 246 g/mol. The van der Waals surface area contributed by atoms with Crippen molar-refractivity contribution < 1.29 is 19.4 Å². The molecule has 0 radical (unpaired) electrons. The molecule has 0 bridgehead atoms. The summed E-state index contributed by atoms with van der Waals surface area (Å²) in [5, 5.41) is 11.3. The molecule has 17 heavy (non-hydrogen) atoms. The van der Waals surface area contributed by atoms with Gasteiger partial charge in [-0.05, 0) is 27.2 Å². The summed E-state index contributed by atoms with van der Waals surface area (Å²) in [7, 11) is 3.17. The summed E-state index contributed by atoms with van der Waals surface area (Å²) in [6.07, 6.45) is -0.498. The van der Waals surface area contributed by atoms with Crippen molar-refractivity contribution in [3.05, 3.63) is 0 Å². The molecule has 0 heterocycles. The van der Waals surface area contributed by atoms with E-state index in [0.717, 1.165) is 0 Å². The van der Waals surface area contributed by atoms with Crippen LogP contribution in [0.15, 0.2) is 0 Å². The fourth-order valence-corrected chi connectivity index (χ4v) is 1.15. The molecular weight excluding hydrogens is 224 g/mol. The van der Waals surface area contributed by atoms with E-state index in [1.54, 1.807) is 34.9 Å². The van der Waals surface area contributed by atoms with Crippen LogP contribution >= 0.6 is 0 Å². The number of likely N-dealkylation sites (N-methyl/N-ethyl adjacent to an activating group) is 1. The van der Waals surface area contributed by atoms with Crippen LogP contribution in [0.3, 0.4) is 0 Å². The van der Waals surface area contributed by atoms with E-state index in [0.29, 0.717) is 0 Å². The fraction of sp³-hybridized carbons (Fsp3) is 0.818. The number of rotatable bonds is 4. The van der Waals surface area contributed by atoms with Gasteiger partial charge in [-0.3, -0.25) is 4.79 Å². The molecule has 0 aromatic carbocycles. The number of hydrogen-bond acceptors (Lipinski definition) is 4. The molecule has 0 aliphatic carbocycles. The molecule has 0 aliphatic rings. The molecule has 100 valence electrons. The molecule has 1 atom stereocenters. The van der Waals surface area contributed by atoms with Crippen LogP contribution < -0.4 is 5.32 Å². The van der Waals surface area contributed by atoms with Crippen LogP contribution in [0.4, 0.5) is 4.79 Å². The molecule has 0 saturated heterocycles. The Morgan fingerprint density at radius 1 is 1.35 bits per heavy atom. The molecule has 0 saturated carbocycles. The number of aliphatic hydroxyl groups excluding tert-OH is 1. The highest BCUT2D eigenvalue weighted by Crippen LogP contribution is 2.07. The van der Waals surface area contributed by atoms with Gasteiger partial charge in [-0.2, -0.15) is 0 Å². The number of aliphatic hydroxyl groups is 1. The summed E-state index contributed by atoms with van der Waals surface area (Å²) in [6, 6.07) is -0.759. The van der Waals surface area contributed by atoms with Crippen molar-refractivity contribution in [3.8, 4) is 0 Å². The molecule has 0 aromatic rings. The first kappa shape index (κ1) is 15.7. The van der Waals surface area contributed by atoms with E-state index >= 15 is 0 Å². The maximum absolute atomic E-state index is 11.7. The summed E-state index contributed by atoms with van der Waals surface area (Å²) in [5.74, 6) is -0.273. The van der Waals surface area contributed by atoms with Gasteiger partial charge in [0.05, 0.1) is 0 Å². The molecule has 0 aliphatic heterocycles. The van der Waals surface area contributed by atoms with Gasteiger partial charge in [-0.25, -0.2) is 4.79 Å². The van der Waals surface area contributed by atoms with Crippen molar-refractivity contribution in [3.63, 3.8) is 0 Å². The SMILES string of the molecule is CN(C)C(=O)C(CCO)NC(=O)OC(C)(C)C. The third-order valence-corrected chi connectivity index (χ3v) is 1.85. The Morgan fingerprint density at radius 3 is 2.24 bits per heavy atom. The zero-order valence-corrected chi connectivity index (χ0v) is 11.1. The highest BCUT2D eigenvalue weighted by Gasteiger charge is 2.24. The lowest BCUT2D eigenvalue weighted by atomic mass is 10.2. The van der Waals surface area contributed by atoms with E-state index in [2.05, 4.69) is 5.32 Å². The predicted octanol–water partition coefficient (Wildman–Crippen LogP) is 0.350. The second kappa shape index (κ2) is 6.44. The Kier molecular flexibility index (Phi) is 5.95. The van der Waals surface area contributed by atoms with E-state index in [1.165, 1.54) is 4.90 Å². The van der Waals surface area contributed by atoms with Gasteiger partial charge in [-0.15, -0.1) is 0 Å². The van der Waals surface area contributed by atoms with Crippen molar-refractivity contribution in [2.75, 3.05) is 20.7 Å². The van der Waals surface area contributed by atoms with E-state index < -0.39 is 17.7 Å². The van der Waals surface area contributed by atoms with Gasteiger partial charge in [0.15, 0.2) is 0 Å². The van der Waals surface area contributed by atoms with Gasteiger partial charge in [0, 0.05) is 20.7 Å².